The number of nitriles is 1. The zero-order chi connectivity index (χ0) is 41.2. The van der Waals surface area contributed by atoms with Gasteiger partial charge in [0.05, 0.1) is 29.4 Å². The van der Waals surface area contributed by atoms with Crippen LogP contribution >= 0.6 is 12.2 Å². The Morgan fingerprint density at radius 3 is 2.33 bits per heavy atom. The number of alkyl halides is 3. The van der Waals surface area contributed by atoms with E-state index in [1.54, 1.807) is 38.1 Å². The van der Waals surface area contributed by atoms with Gasteiger partial charge in [-0.1, -0.05) is 6.07 Å². The second-order valence-corrected chi connectivity index (χ2v) is 16.8. The normalized spacial score (nSPS) is 26.0. The van der Waals surface area contributed by atoms with Gasteiger partial charge in [0, 0.05) is 49.0 Å². The van der Waals surface area contributed by atoms with Gasteiger partial charge in [-0.15, -0.1) is 0 Å². The maximum absolute atomic E-state index is 13.7. The van der Waals surface area contributed by atoms with Crippen molar-refractivity contribution in [2.75, 3.05) is 41.7 Å². The molecule has 1 unspecified atom stereocenters. The van der Waals surface area contributed by atoms with Crippen LogP contribution in [0.15, 0.2) is 42.5 Å². The molecule has 0 aromatic heterocycles. The Hall–Kier alpha value is -4.59. The molecule has 306 valence electrons. The van der Waals surface area contributed by atoms with Crippen LogP contribution in [0, 0.1) is 17.2 Å². The van der Waals surface area contributed by atoms with E-state index in [0.717, 1.165) is 70.3 Å². The van der Waals surface area contributed by atoms with E-state index in [-0.39, 0.29) is 65.5 Å². The smallest absolute Gasteiger partial charge is 0.374 e. The van der Waals surface area contributed by atoms with Crippen LogP contribution in [0.25, 0.3) is 0 Å². The molecule has 4 amide bonds. The largest absolute Gasteiger partial charge is 0.417 e. The molecule has 4 fully saturated rings. The molecule has 16 heteroatoms. The quantitative estimate of drug-likeness (QED) is 0.186. The summed E-state index contributed by atoms with van der Waals surface area (Å²) in [7, 11) is 0. The SMILES string of the molecule is C[C@@H]1CN(CCCC2CCC(N3C(=S)N(c4ccc(C#N)c(C(F)(F)F)c4)C(=O)C3(C)C)CC2)C[C@H](C)N1CC(=O)Nc1cccc(NC2CCC(=O)NC2=O)c1. The van der Waals surface area contributed by atoms with Crippen LogP contribution in [0.5, 0.6) is 0 Å². The molecule has 3 saturated heterocycles. The lowest BCUT2D eigenvalue weighted by molar-refractivity contribution is -0.138. The number of imide groups is 1. The number of carbonyl (C=O) groups is 4. The first-order chi connectivity index (χ1) is 27.0. The number of hydrogen-bond acceptors (Lipinski definition) is 9. The number of hydrogen-bond donors (Lipinski definition) is 3. The predicted molar refractivity (Wildman–Crippen MR) is 214 cm³/mol. The number of rotatable bonds is 11. The average Bonchev–Trinajstić information content (AvgIpc) is 3.32. The third kappa shape index (κ3) is 9.42. The van der Waals surface area contributed by atoms with Crippen molar-refractivity contribution in [1.82, 2.24) is 20.0 Å². The Morgan fingerprint density at radius 1 is 1.00 bits per heavy atom. The fraction of sp³-hybridized carbons (Fsp3) is 0.561. The average molecular weight is 809 g/mol. The highest BCUT2D eigenvalue weighted by Gasteiger charge is 2.52. The molecule has 57 heavy (non-hydrogen) atoms. The molecule has 0 radical (unpaired) electrons. The van der Waals surface area contributed by atoms with Crippen molar-refractivity contribution < 1.29 is 32.3 Å². The van der Waals surface area contributed by atoms with Gasteiger partial charge in [-0.3, -0.25) is 34.3 Å². The van der Waals surface area contributed by atoms with Crippen LogP contribution in [0.2, 0.25) is 0 Å². The molecule has 1 aliphatic carbocycles. The highest BCUT2D eigenvalue weighted by Crippen LogP contribution is 2.41. The van der Waals surface area contributed by atoms with Crippen LogP contribution in [0.3, 0.4) is 0 Å². The van der Waals surface area contributed by atoms with Gasteiger partial charge in [0.2, 0.25) is 17.7 Å². The number of nitrogens with zero attached hydrogens (tertiary/aromatic N) is 5. The summed E-state index contributed by atoms with van der Waals surface area (Å²) in [5, 5.41) is 17.9. The minimum atomic E-state index is -4.75. The minimum Gasteiger partial charge on any atom is -0.374 e. The summed E-state index contributed by atoms with van der Waals surface area (Å²) in [6, 6.07) is 11.9. The summed E-state index contributed by atoms with van der Waals surface area (Å²) >= 11 is 5.77. The maximum Gasteiger partial charge on any atom is 0.417 e. The standard InChI is InChI=1S/C41H51F3N8O4S/c1-25-22-49(23-26(2)50(25)24-36(54)47-30-9-5-8-29(19-30)46-34-16-17-35(53)48-37(34)55)18-6-7-27-10-13-31(14-11-27)52-39(57)51(38(56)40(52,3)4)32-15-12-28(21-45)33(20-32)41(42,43)44/h5,8-9,12,15,19-20,25-27,31,34,46H,6-7,10-11,13-14,16-18,22-24H2,1-4H3,(H,47,54)(H,48,53,55)/t25-,26+,27?,31?,34?. The summed E-state index contributed by atoms with van der Waals surface area (Å²) in [5.41, 5.74) is -1.31. The highest BCUT2D eigenvalue weighted by molar-refractivity contribution is 7.80. The summed E-state index contributed by atoms with van der Waals surface area (Å²) in [6.07, 6.45) is 1.63. The molecule has 12 nitrogen and oxygen atoms in total. The van der Waals surface area contributed by atoms with Gasteiger partial charge < -0.3 is 20.4 Å². The molecule has 0 spiro atoms. The lowest BCUT2D eigenvalue weighted by atomic mass is 9.82. The highest BCUT2D eigenvalue weighted by atomic mass is 32.1. The number of benzene rings is 2. The van der Waals surface area contributed by atoms with Crippen LogP contribution in [0.1, 0.15) is 90.2 Å². The summed E-state index contributed by atoms with van der Waals surface area (Å²) in [5.74, 6) is -0.603. The van der Waals surface area contributed by atoms with Crippen LogP contribution in [0.4, 0.5) is 30.2 Å². The van der Waals surface area contributed by atoms with Gasteiger partial charge in [0.25, 0.3) is 5.91 Å². The van der Waals surface area contributed by atoms with Crippen LogP contribution < -0.4 is 20.9 Å². The molecule has 3 N–H and O–H groups in total. The molecule has 4 aliphatic rings. The number of halogens is 3. The Morgan fingerprint density at radius 2 is 1.68 bits per heavy atom. The van der Waals surface area contributed by atoms with E-state index in [4.69, 9.17) is 12.2 Å². The molecular formula is C41H51F3N8O4S. The number of nitrogens with one attached hydrogen (secondary N) is 3. The predicted octanol–water partition coefficient (Wildman–Crippen LogP) is 5.88. The lowest BCUT2D eigenvalue weighted by Crippen LogP contribution is -2.58. The van der Waals surface area contributed by atoms with Crippen molar-refractivity contribution in [3.8, 4) is 6.07 Å². The van der Waals surface area contributed by atoms with Crippen LogP contribution in [-0.2, 0) is 25.4 Å². The number of anilines is 3. The molecule has 2 aromatic carbocycles. The van der Waals surface area contributed by atoms with Crippen molar-refractivity contribution in [2.24, 2.45) is 5.92 Å². The summed E-state index contributed by atoms with van der Waals surface area (Å²) in [4.78, 5) is 58.2. The van der Waals surface area contributed by atoms with Crippen LogP contribution in [-0.4, -0.2) is 99.3 Å². The lowest BCUT2D eigenvalue weighted by Gasteiger charge is -2.44. The molecule has 1 saturated carbocycles. The Kier molecular flexibility index (Phi) is 12.6. The third-order valence-corrected chi connectivity index (χ3v) is 12.3. The van der Waals surface area contributed by atoms with E-state index in [1.807, 2.05) is 11.0 Å². The second-order valence-electron chi connectivity index (χ2n) is 16.4. The van der Waals surface area contributed by atoms with E-state index in [1.165, 1.54) is 11.0 Å². The number of amides is 4. The number of piperazine rings is 1. The number of thiocarbonyl (C=S) groups is 1. The zero-order valence-corrected chi connectivity index (χ0v) is 33.6. The van der Waals surface area contributed by atoms with Crippen molar-refractivity contribution in [3.05, 3.63) is 53.6 Å². The Bertz CT molecular complexity index is 1920. The summed E-state index contributed by atoms with van der Waals surface area (Å²) in [6.45, 7) is 10.7. The second kappa shape index (κ2) is 17.1. The topological polar surface area (TPSA) is 141 Å². The minimum absolute atomic E-state index is 0.0106. The fourth-order valence-electron chi connectivity index (χ4n) is 9.00. The molecule has 0 bridgehead atoms. The van der Waals surface area contributed by atoms with E-state index in [9.17, 15) is 37.6 Å². The first-order valence-corrected chi connectivity index (χ1v) is 20.1. The van der Waals surface area contributed by atoms with E-state index in [0.29, 0.717) is 23.7 Å². The van der Waals surface area contributed by atoms with Crippen molar-refractivity contribution >= 4 is 58.0 Å². The van der Waals surface area contributed by atoms with Gasteiger partial charge in [-0.05, 0) is 134 Å². The molecule has 6 rings (SSSR count). The molecule has 2 aromatic rings. The number of piperidine rings is 1. The Balaban J connectivity index is 0.943. The Labute approximate surface area is 337 Å². The van der Waals surface area contributed by atoms with Gasteiger partial charge in [0.1, 0.15) is 11.6 Å². The monoisotopic (exact) mass is 808 g/mol. The number of carbonyl (C=O) groups excluding carboxylic acids is 4. The van der Waals surface area contributed by atoms with Gasteiger partial charge in [0.15, 0.2) is 5.11 Å². The first-order valence-electron chi connectivity index (χ1n) is 19.7. The van der Waals surface area contributed by atoms with E-state index >= 15 is 0 Å². The first kappa shape index (κ1) is 42.0. The molecule has 3 aliphatic heterocycles. The van der Waals surface area contributed by atoms with Gasteiger partial charge in [-0.2, -0.15) is 18.4 Å². The molecule has 3 atom stereocenters. The third-order valence-electron chi connectivity index (χ3n) is 11.9. The van der Waals surface area contributed by atoms with Crippen molar-refractivity contribution in [3.63, 3.8) is 0 Å². The van der Waals surface area contributed by atoms with E-state index in [2.05, 4.69) is 39.6 Å². The van der Waals surface area contributed by atoms with Crippen molar-refractivity contribution in [1.29, 1.82) is 5.26 Å². The maximum atomic E-state index is 13.7. The van der Waals surface area contributed by atoms with Crippen molar-refractivity contribution in [2.45, 2.75) is 115 Å². The summed E-state index contributed by atoms with van der Waals surface area (Å²) < 4.78 is 41.2. The van der Waals surface area contributed by atoms with Gasteiger partial charge in [-0.25, -0.2) is 0 Å². The zero-order valence-electron chi connectivity index (χ0n) is 32.8. The van der Waals surface area contributed by atoms with E-state index < -0.39 is 28.9 Å². The van der Waals surface area contributed by atoms with Gasteiger partial charge >= 0.3 is 6.18 Å². The molecular weight excluding hydrogens is 758 g/mol. The molecule has 3 heterocycles. The fourth-order valence-corrected chi connectivity index (χ4v) is 9.56.